The van der Waals surface area contributed by atoms with Gasteiger partial charge >= 0.3 is 0 Å². The third kappa shape index (κ3) is 12.5. The number of allylic oxidation sites excluding steroid dienone is 1. The van der Waals surface area contributed by atoms with Crippen LogP contribution in [0.4, 0.5) is 10.1 Å². The smallest absolute Gasteiger partial charge is 0.252 e. The van der Waals surface area contributed by atoms with Crippen LogP contribution >= 0.6 is 0 Å². The molecule has 0 aliphatic heterocycles. The molecule has 0 aliphatic rings. The molecule has 1 aromatic rings. The summed E-state index contributed by atoms with van der Waals surface area (Å²) in [6.45, 7) is 22.6. The zero-order valence-electron chi connectivity index (χ0n) is 23.9. The number of nitrogens with zero attached hydrogens (tertiary/aromatic N) is 2. The van der Waals surface area contributed by atoms with Gasteiger partial charge in [0.1, 0.15) is 0 Å². The van der Waals surface area contributed by atoms with Gasteiger partial charge in [-0.2, -0.15) is 0 Å². The van der Waals surface area contributed by atoms with Gasteiger partial charge in [0.05, 0.1) is 31.1 Å². The van der Waals surface area contributed by atoms with E-state index in [1.165, 1.54) is 0 Å². The van der Waals surface area contributed by atoms with Crippen molar-refractivity contribution in [3.8, 4) is 0 Å². The van der Waals surface area contributed by atoms with Crippen LogP contribution in [0, 0.1) is 19.3 Å². The lowest BCUT2D eigenvalue weighted by molar-refractivity contribution is -0.117. The van der Waals surface area contributed by atoms with Crippen molar-refractivity contribution in [2.24, 2.45) is 10.4 Å². The largest absolute Gasteiger partial charge is 0.379 e. The molecular weight excluding hydrogens is 441 g/mol. The fourth-order valence-corrected chi connectivity index (χ4v) is 3.42. The van der Waals surface area contributed by atoms with E-state index in [-0.39, 0.29) is 11.4 Å². The first-order valence-electron chi connectivity index (χ1n) is 12.9. The minimum atomic E-state index is -0.471. The summed E-state index contributed by atoms with van der Waals surface area (Å²) in [5, 5.41) is 3.03. The van der Waals surface area contributed by atoms with Gasteiger partial charge in [0.25, 0.3) is 5.91 Å². The molecule has 0 radical (unpaired) electrons. The van der Waals surface area contributed by atoms with Crippen molar-refractivity contribution in [3.05, 3.63) is 41.0 Å². The third-order valence-electron chi connectivity index (χ3n) is 5.61. The molecule has 0 heterocycles. The molecule has 0 fully saturated rings. The van der Waals surface area contributed by atoms with E-state index in [1.807, 2.05) is 66.7 Å². The fraction of sp³-hybridized carbons (Fsp3) is 0.655. The lowest BCUT2D eigenvalue weighted by Crippen LogP contribution is -2.50. The second-order valence-corrected chi connectivity index (χ2v) is 10.1. The maximum Gasteiger partial charge on any atom is 0.252 e. The number of amides is 1. The second kappa shape index (κ2) is 16.6. The van der Waals surface area contributed by atoms with E-state index in [1.54, 1.807) is 6.21 Å². The van der Waals surface area contributed by atoms with Crippen molar-refractivity contribution < 1.29 is 13.9 Å². The average molecular weight is 492 g/mol. The van der Waals surface area contributed by atoms with Crippen molar-refractivity contribution in [2.45, 2.75) is 81.2 Å². The number of nitrogens with one attached hydrogen (secondary N) is 1. The van der Waals surface area contributed by atoms with Gasteiger partial charge in [-0.3, -0.25) is 19.1 Å². The molecule has 0 aliphatic carbocycles. The Morgan fingerprint density at radius 1 is 1.14 bits per heavy atom. The molecule has 1 aromatic carbocycles. The van der Waals surface area contributed by atoms with Gasteiger partial charge in [-0.05, 0) is 57.9 Å². The normalized spacial score (nSPS) is 12.6. The molecular formula is C29H50FN3O2. The standard InChI is InChI=1S/C27H44FN3O2.C2H6/c1-9-11-23(17-30-24-16-21(3)12-13-22(24)4)25(32)29-14-15-31(10-2)27(7,8)20-33-19-26(5,6)18-28;1-2/h11-13,16-17H,9-10,14-15,18-20H2,1-8H3,(H,29,32);1-2H3/b23-11-,30-17?;. The predicted octanol–water partition coefficient (Wildman–Crippen LogP) is 6.60. The number of carbonyl (C=O) groups is 1. The highest BCUT2D eigenvalue weighted by molar-refractivity contribution is 6.12. The predicted molar refractivity (Wildman–Crippen MR) is 149 cm³/mol. The van der Waals surface area contributed by atoms with Crippen LogP contribution in [0.3, 0.4) is 0 Å². The number of carbonyl (C=O) groups excluding carboxylic acids is 1. The first-order chi connectivity index (χ1) is 16.5. The number of likely N-dealkylation sites (N-methyl/N-ethyl adjacent to an activating group) is 1. The molecule has 0 spiro atoms. The number of hydrogen-bond acceptors (Lipinski definition) is 4. The van der Waals surface area contributed by atoms with Gasteiger partial charge in [-0.25, -0.2) is 0 Å². The van der Waals surface area contributed by atoms with E-state index >= 15 is 0 Å². The van der Waals surface area contributed by atoms with Crippen molar-refractivity contribution in [1.29, 1.82) is 0 Å². The Kier molecular flexibility index (Phi) is 15.6. The molecule has 0 saturated heterocycles. The van der Waals surface area contributed by atoms with Crippen LogP contribution in [0.15, 0.2) is 34.8 Å². The molecule has 1 amide bonds. The summed E-state index contributed by atoms with van der Waals surface area (Å²) in [5.74, 6) is -0.124. The molecule has 1 rings (SSSR count). The molecule has 200 valence electrons. The number of alkyl halides is 1. The number of halogens is 1. The quantitative estimate of drug-likeness (QED) is 0.236. The summed E-state index contributed by atoms with van der Waals surface area (Å²) < 4.78 is 18.9. The van der Waals surface area contributed by atoms with E-state index < -0.39 is 12.1 Å². The number of rotatable bonds is 14. The molecule has 0 atom stereocenters. The molecule has 0 saturated carbocycles. The van der Waals surface area contributed by atoms with E-state index in [0.29, 0.717) is 31.9 Å². The first kappa shape index (κ1) is 33.0. The van der Waals surface area contributed by atoms with Gasteiger partial charge in [0.2, 0.25) is 0 Å². The van der Waals surface area contributed by atoms with E-state index in [0.717, 1.165) is 29.8 Å². The summed E-state index contributed by atoms with van der Waals surface area (Å²) in [5.41, 5.74) is 2.96. The minimum absolute atomic E-state index is 0.124. The summed E-state index contributed by atoms with van der Waals surface area (Å²) in [7, 11) is 0. The van der Waals surface area contributed by atoms with Gasteiger partial charge < -0.3 is 10.1 Å². The zero-order chi connectivity index (χ0) is 27.1. The minimum Gasteiger partial charge on any atom is -0.379 e. The Morgan fingerprint density at radius 2 is 1.80 bits per heavy atom. The van der Waals surface area contributed by atoms with Crippen LogP contribution in [0.25, 0.3) is 0 Å². The third-order valence-corrected chi connectivity index (χ3v) is 5.61. The maximum absolute atomic E-state index is 13.0. The van der Waals surface area contributed by atoms with Crippen molar-refractivity contribution in [1.82, 2.24) is 10.2 Å². The first-order valence-corrected chi connectivity index (χ1v) is 12.9. The zero-order valence-corrected chi connectivity index (χ0v) is 23.9. The Balaban J connectivity index is 0.00000562. The van der Waals surface area contributed by atoms with Crippen molar-refractivity contribution in [2.75, 3.05) is 39.5 Å². The number of aliphatic imine (C=N–C) groups is 1. The number of benzene rings is 1. The molecule has 35 heavy (non-hydrogen) atoms. The Hall–Kier alpha value is -2.05. The highest BCUT2D eigenvalue weighted by Gasteiger charge is 2.27. The fourth-order valence-electron chi connectivity index (χ4n) is 3.42. The van der Waals surface area contributed by atoms with Crippen LogP contribution < -0.4 is 5.32 Å². The van der Waals surface area contributed by atoms with Crippen LogP contribution in [0.5, 0.6) is 0 Å². The maximum atomic E-state index is 13.0. The van der Waals surface area contributed by atoms with E-state index in [9.17, 15) is 9.18 Å². The van der Waals surface area contributed by atoms with Crippen molar-refractivity contribution in [3.63, 3.8) is 0 Å². The van der Waals surface area contributed by atoms with E-state index in [2.05, 4.69) is 42.0 Å². The number of hydrogen-bond donors (Lipinski definition) is 1. The van der Waals surface area contributed by atoms with Crippen LogP contribution in [0.1, 0.15) is 72.9 Å². The SMILES string of the molecule is CC.CC/C=C(/C=Nc1cc(C)ccc1C)C(=O)NCCN(CC)C(C)(C)COCC(C)(C)CF. The highest BCUT2D eigenvalue weighted by atomic mass is 19.1. The Morgan fingerprint density at radius 3 is 2.37 bits per heavy atom. The molecule has 0 bridgehead atoms. The Labute approximate surface area is 214 Å². The number of aryl methyl sites for hydroxylation is 2. The Bertz CT molecular complexity index is 816. The monoisotopic (exact) mass is 491 g/mol. The molecule has 1 N–H and O–H groups in total. The number of ether oxygens (including phenoxy) is 1. The lowest BCUT2D eigenvalue weighted by Gasteiger charge is -2.38. The summed E-state index contributed by atoms with van der Waals surface area (Å²) in [6, 6.07) is 6.11. The van der Waals surface area contributed by atoms with Gasteiger partial charge in [0.15, 0.2) is 0 Å². The van der Waals surface area contributed by atoms with Crippen molar-refractivity contribution >= 4 is 17.8 Å². The molecule has 0 aromatic heterocycles. The van der Waals surface area contributed by atoms with Gasteiger partial charge in [-0.15, -0.1) is 0 Å². The van der Waals surface area contributed by atoms with Gasteiger partial charge in [0, 0.05) is 30.3 Å². The highest BCUT2D eigenvalue weighted by Crippen LogP contribution is 2.20. The summed E-state index contributed by atoms with van der Waals surface area (Å²) >= 11 is 0. The second-order valence-electron chi connectivity index (χ2n) is 10.1. The van der Waals surface area contributed by atoms with Gasteiger partial charge in [-0.1, -0.05) is 59.8 Å². The van der Waals surface area contributed by atoms with E-state index in [4.69, 9.17) is 4.74 Å². The molecule has 0 unspecified atom stereocenters. The van der Waals surface area contributed by atoms with Crippen LogP contribution in [-0.4, -0.2) is 62.1 Å². The molecule has 5 nitrogen and oxygen atoms in total. The van der Waals surface area contributed by atoms with Crippen LogP contribution in [-0.2, 0) is 9.53 Å². The topological polar surface area (TPSA) is 53.9 Å². The molecule has 6 heteroatoms. The lowest BCUT2D eigenvalue weighted by atomic mass is 9.97. The summed E-state index contributed by atoms with van der Waals surface area (Å²) in [6.07, 6.45) is 4.30. The summed E-state index contributed by atoms with van der Waals surface area (Å²) in [4.78, 5) is 19.6. The van der Waals surface area contributed by atoms with Crippen LogP contribution in [0.2, 0.25) is 0 Å². The average Bonchev–Trinajstić information content (AvgIpc) is 2.82.